The topological polar surface area (TPSA) is 15.3 Å². The van der Waals surface area contributed by atoms with Gasteiger partial charge in [-0.05, 0) is 44.8 Å². The molecule has 1 N–H and O–H groups in total. The highest BCUT2D eigenvalue weighted by atomic mass is 32.1. The summed E-state index contributed by atoms with van der Waals surface area (Å²) in [7, 11) is 2.22. The molecule has 0 spiro atoms. The maximum atomic E-state index is 3.49. The summed E-state index contributed by atoms with van der Waals surface area (Å²) in [5, 5.41) is 5.65. The van der Waals surface area contributed by atoms with Crippen LogP contribution >= 0.6 is 11.3 Å². The van der Waals surface area contributed by atoms with Crippen molar-refractivity contribution < 1.29 is 0 Å². The fourth-order valence-corrected chi connectivity index (χ4v) is 2.60. The number of likely N-dealkylation sites (N-methyl/N-ethyl adjacent to an activating group) is 1. The zero-order chi connectivity index (χ0) is 12.5. The Labute approximate surface area is 110 Å². The molecule has 0 fully saturated rings. The number of hydrogen-bond donors (Lipinski definition) is 1. The molecule has 0 aromatic carbocycles. The molecular formula is C14H26N2S. The van der Waals surface area contributed by atoms with Crippen molar-refractivity contribution in [3.63, 3.8) is 0 Å². The minimum absolute atomic E-state index is 0.627. The number of rotatable bonds is 9. The van der Waals surface area contributed by atoms with E-state index in [0.717, 1.165) is 19.6 Å². The molecule has 2 nitrogen and oxygen atoms in total. The second-order valence-electron chi connectivity index (χ2n) is 4.72. The van der Waals surface area contributed by atoms with Crippen molar-refractivity contribution in [1.82, 2.24) is 10.2 Å². The standard InChI is InChI=1S/C14H26N2S/c1-4-5-8-15-9-10-16(3)13(2)12-14-7-6-11-17-14/h6-7,11,13,15H,4-5,8-10,12H2,1-3H3. The molecule has 1 rings (SSSR count). The molecule has 1 aromatic heterocycles. The van der Waals surface area contributed by atoms with E-state index < -0.39 is 0 Å². The highest BCUT2D eigenvalue weighted by Gasteiger charge is 2.09. The van der Waals surface area contributed by atoms with Crippen molar-refractivity contribution in [2.75, 3.05) is 26.7 Å². The Kier molecular flexibility index (Phi) is 7.49. The Hall–Kier alpha value is -0.380. The first-order chi connectivity index (χ1) is 8.24. The molecule has 17 heavy (non-hydrogen) atoms. The van der Waals surface area contributed by atoms with Crippen molar-refractivity contribution in [1.29, 1.82) is 0 Å². The molecular weight excluding hydrogens is 228 g/mol. The molecule has 0 radical (unpaired) electrons. The van der Waals surface area contributed by atoms with Crippen LogP contribution in [0.1, 0.15) is 31.6 Å². The summed E-state index contributed by atoms with van der Waals surface area (Å²) in [5.41, 5.74) is 0. The second-order valence-corrected chi connectivity index (χ2v) is 5.75. The number of hydrogen-bond acceptors (Lipinski definition) is 3. The Morgan fingerprint density at radius 3 is 2.88 bits per heavy atom. The molecule has 0 aliphatic heterocycles. The Morgan fingerprint density at radius 1 is 1.41 bits per heavy atom. The van der Waals surface area contributed by atoms with E-state index in [1.807, 2.05) is 11.3 Å². The van der Waals surface area contributed by atoms with Gasteiger partial charge < -0.3 is 10.2 Å². The first-order valence-corrected chi connectivity index (χ1v) is 7.55. The average Bonchev–Trinajstić information content (AvgIpc) is 2.81. The summed E-state index contributed by atoms with van der Waals surface area (Å²) in [6.45, 7) is 7.94. The minimum atomic E-state index is 0.627. The lowest BCUT2D eigenvalue weighted by Crippen LogP contribution is -2.36. The number of nitrogens with one attached hydrogen (secondary N) is 1. The first kappa shape index (κ1) is 14.7. The quantitative estimate of drug-likeness (QED) is 0.682. The Balaban J connectivity index is 2.11. The molecule has 1 unspecified atom stereocenters. The van der Waals surface area contributed by atoms with Gasteiger partial charge >= 0.3 is 0 Å². The Bertz CT molecular complexity index is 272. The van der Waals surface area contributed by atoms with Gasteiger partial charge in [-0.25, -0.2) is 0 Å². The SMILES string of the molecule is CCCCNCCN(C)C(C)Cc1cccs1. The van der Waals surface area contributed by atoms with Gasteiger partial charge in [-0.1, -0.05) is 19.4 Å². The van der Waals surface area contributed by atoms with Gasteiger partial charge in [-0.15, -0.1) is 11.3 Å². The minimum Gasteiger partial charge on any atom is -0.315 e. The largest absolute Gasteiger partial charge is 0.315 e. The van der Waals surface area contributed by atoms with Crippen LogP contribution in [0.5, 0.6) is 0 Å². The van der Waals surface area contributed by atoms with Gasteiger partial charge in [0.25, 0.3) is 0 Å². The maximum Gasteiger partial charge on any atom is 0.0113 e. The number of nitrogens with zero attached hydrogens (tertiary/aromatic N) is 1. The predicted molar refractivity (Wildman–Crippen MR) is 77.9 cm³/mol. The third-order valence-corrected chi connectivity index (χ3v) is 4.08. The van der Waals surface area contributed by atoms with Crippen molar-refractivity contribution in [3.8, 4) is 0 Å². The van der Waals surface area contributed by atoms with E-state index in [9.17, 15) is 0 Å². The summed E-state index contributed by atoms with van der Waals surface area (Å²) in [4.78, 5) is 3.93. The summed E-state index contributed by atoms with van der Waals surface area (Å²) >= 11 is 1.86. The fourth-order valence-electron chi connectivity index (χ4n) is 1.78. The van der Waals surface area contributed by atoms with Crippen LogP contribution in [-0.2, 0) is 6.42 Å². The van der Waals surface area contributed by atoms with E-state index in [1.54, 1.807) is 0 Å². The zero-order valence-corrected chi connectivity index (χ0v) is 12.2. The maximum absolute atomic E-state index is 3.49. The van der Waals surface area contributed by atoms with Crippen LogP contribution in [0.25, 0.3) is 0 Å². The highest BCUT2D eigenvalue weighted by Crippen LogP contribution is 2.13. The van der Waals surface area contributed by atoms with Gasteiger partial charge in [0.2, 0.25) is 0 Å². The summed E-state index contributed by atoms with van der Waals surface area (Å²) < 4.78 is 0. The van der Waals surface area contributed by atoms with E-state index in [-0.39, 0.29) is 0 Å². The monoisotopic (exact) mass is 254 g/mol. The van der Waals surface area contributed by atoms with Gasteiger partial charge in [-0.3, -0.25) is 0 Å². The van der Waals surface area contributed by atoms with Crippen LogP contribution in [0.15, 0.2) is 17.5 Å². The lowest BCUT2D eigenvalue weighted by atomic mass is 10.2. The van der Waals surface area contributed by atoms with Gasteiger partial charge in [-0.2, -0.15) is 0 Å². The van der Waals surface area contributed by atoms with Crippen molar-refractivity contribution in [3.05, 3.63) is 22.4 Å². The molecule has 1 atom stereocenters. The van der Waals surface area contributed by atoms with E-state index in [2.05, 4.69) is 48.6 Å². The fraction of sp³-hybridized carbons (Fsp3) is 0.714. The Morgan fingerprint density at radius 2 is 2.24 bits per heavy atom. The van der Waals surface area contributed by atoms with Gasteiger partial charge in [0, 0.05) is 24.0 Å². The third kappa shape index (κ3) is 6.20. The molecule has 98 valence electrons. The van der Waals surface area contributed by atoms with Crippen LogP contribution in [0, 0.1) is 0 Å². The smallest absolute Gasteiger partial charge is 0.0113 e. The zero-order valence-electron chi connectivity index (χ0n) is 11.4. The molecule has 1 aromatic rings. The molecule has 0 saturated carbocycles. The molecule has 1 heterocycles. The number of unbranched alkanes of at least 4 members (excludes halogenated alkanes) is 1. The highest BCUT2D eigenvalue weighted by molar-refractivity contribution is 7.09. The lowest BCUT2D eigenvalue weighted by molar-refractivity contribution is 0.257. The second kappa shape index (κ2) is 8.67. The third-order valence-electron chi connectivity index (χ3n) is 3.18. The van der Waals surface area contributed by atoms with E-state index in [4.69, 9.17) is 0 Å². The number of thiophene rings is 1. The summed E-state index contributed by atoms with van der Waals surface area (Å²) in [5.74, 6) is 0. The summed E-state index contributed by atoms with van der Waals surface area (Å²) in [6.07, 6.45) is 3.73. The molecule has 3 heteroatoms. The van der Waals surface area contributed by atoms with Crippen LogP contribution in [0.4, 0.5) is 0 Å². The van der Waals surface area contributed by atoms with Gasteiger partial charge in [0.05, 0.1) is 0 Å². The average molecular weight is 254 g/mol. The summed E-state index contributed by atoms with van der Waals surface area (Å²) in [6, 6.07) is 5.00. The molecule has 0 saturated heterocycles. The van der Waals surface area contributed by atoms with Crippen molar-refractivity contribution >= 4 is 11.3 Å². The van der Waals surface area contributed by atoms with E-state index in [1.165, 1.54) is 24.1 Å². The van der Waals surface area contributed by atoms with Crippen LogP contribution in [0.3, 0.4) is 0 Å². The molecule has 0 bridgehead atoms. The molecule has 0 amide bonds. The predicted octanol–water partition coefficient (Wildman–Crippen LogP) is 3.00. The van der Waals surface area contributed by atoms with E-state index >= 15 is 0 Å². The normalized spacial score (nSPS) is 13.2. The molecule has 0 aliphatic rings. The van der Waals surface area contributed by atoms with Gasteiger partial charge in [0.15, 0.2) is 0 Å². The van der Waals surface area contributed by atoms with Crippen molar-refractivity contribution in [2.45, 2.75) is 39.2 Å². The van der Waals surface area contributed by atoms with Gasteiger partial charge in [0.1, 0.15) is 0 Å². The van der Waals surface area contributed by atoms with E-state index in [0.29, 0.717) is 6.04 Å². The first-order valence-electron chi connectivity index (χ1n) is 6.67. The molecule has 0 aliphatic carbocycles. The van der Waals surface area contributed by atoms with Crippen LogP contribution in [-0.4, -0.2) is 37.6 Å². The van der Waals surface area contributed by atoms with Crippen LogP contribution < -0.4 is 5.32 Å². The van der Waals surface area contributed by atoms with Crippen molar-refractivity contribution in [2.24, 2.45) is 0 Å². The lowest BCUT2D eigenvalue weighted by Gasteiger charge is -2.24. The van der Waals surface area contributed by atoms with Crippen LogP contribution in [0.2, 0.25) is 0 Å².